The quantitative estimate of drug-likeness (QED) is 0.0484. The molecule has 0 saturated heterocycles. The van der Waals surface area contributed by atoms with Gasteiger partial charge in [0.05, 0.1) is 0 Å². The van der Waals surface area contributed by atoms with Gasteiger partial charge >= 0.3 is 0 Å². The Hall–Kier alpha value is -0.760. The molecular weight excluding hydrogens is 629 g/mol. The maximum atomic E-state index is 6.04. The molecule has 312 valence electrons. The van der Waals surface area contributed by atoms with Crippen molar-refractivity contribution in [2.24, 2.45) is 5.73 Å². The van der Waals surface area contributed by atoms with E-state index in [2.05, 4.69) is 25.4 Å². The zero-order valence-corrected chi connectivity index (χ0v) is 37.1. The van der Waals surface area contributed by atoms with Crippen LogP contribution in [0.25, 0.3) is 0 Å². The summed E-state index contributed by atoms with van der Waals surface area (Å²) >= 11 is 0. The normalized spacial score (nSPS) is 11.7. The van der Waals surface area contributed by atoms with Crippen molar-refractivity contribution < 1.29 is 0 Å². The SMILES string of the molecule is C=C(CCCCCCCCCCCCCCCCCCCCCCCCCCCCCCCCCCCCCC)NCCCCC(N)C(=C)C.CC. The summed E-state index contributed by atoms with van der Waals surface area (Å²) in [6, 6.07) is 0.163. The first kappa shape index (κ1) is 53.3. The second-order valence-corrected chi connectivity index (χ2v) is 16.6. The van der Waals surface area contributed by atoms with Crippen LogP contribution in [-0.2, 0) is 0 Å². The molecule has 0 aliphatic rings. The summed E-state index contributed by atoms with van der Waals surface area (Å²) in [6.45, 7) is 17.5. The minimum absolute atomic E-state index is 0.163. The van der Waals surface area contributed by atoms with Crippen molar-refractivity contribution in [1.29, 1.82) is 0 Å². The van der Waals surface area contributed by atoms with E-state index in [1.54, 1.807) is 0 Å². The smallest absolute Gasteiger partial charge is 0.0248 e. The van der Waals surface area contributed by atoms with Crippen LogP contribution in [0.1, 0.15) is 285 Å². The van der Waals surface area contributed by atoms with Gasteiger partial charge in [0.2, 0.25) is 0 Å². The van der Waals surface area contributed by atoms with Gasteiger partial charge in [-0.1, -0.05) is 264 Å². The molecule has 0 bridgehead atoms. The van der Waals surface area contributed by atoms with Gasteiger partial charge in [-0.2, -0.15) is 0 Å². The molecule has 0 heterocycles. The Morgan fingerprint density at radius 2 is 0.654 bits per heavy atom. The predicted molar refractivity (Wildman–Crippen MR) is 242 cm³/mol. The number of rotatable bonds is 44. The molecule has 0 saturated carbocycles. The largest absolute Gasteiger partial charge is 0.389 e. The Balaban J connectivity index is 0. The van der Waals surface area contributed by atoms with E-state index in [1.165, 1.54) is 243 Å². The molecule has 2 heteroatoms. The minimum Gasteiger partial charge on any atom is -0.389 e. The molecular formula is C50H102N2. The van der Waals surface area contributed by atoms with E-state index in [0.29, 0.717) is 0 Å². The molecule has 2 nitrogen and oxygen atoms in total. The summed E-state index contributed by atoms with van der Waals surface area (Å²) < 4.78 is 0. The highest BCUT2D eigenvalue weighted by Crippen LogP contribution is 2.18. The van der Waals surface area contributed by atoms with Crippen LogP contribution in [0.15, 0.2) is 24.4 Å². The lowest BCUT2D eigenvalue weighted by atomic mass is 10.0. The Bertz CT molecular complexity index is 669. The fourth-order valence-corrected chi connectivity index (χ4v) is 7.51. The number of unbranched alkanes of at least 4 members (excludes halogenated alkanes) is 36. The maximum Gasteiger partial charge on any atom is 0.0248 e. The predicted octanol–water partition coefficient (Wildman–Crippen LogP) is 17.6. The minimum atomic E-state index is 0.163. The van der Waals surface area contributed by atoms with E-state index in [4.69, 9.17) is 5.73 Å². The molecule has 0 rings (SSSR count). The van der Waals surface area contributed by atoms with Gasteiger partial charge in [0.15, 0.2) is 0 Å². The third-order valence-electron chi connectivity index (χ3n) is 11.3. The second kappa shape index (κ2) is 48.3. The van der Waals surface area contributed by atoms with Gasteiger partial charge in [-0.25, -0.2) is 0 Å². The molecule has 0 aliphatic carbocycles. The van der Waals surface area contributed by atoms with Crippen LogP contribution in [-0.4, -0.2) is 12.6 Å². The first-order valence-electron chi connectivity index (χ1n) is 24.4. The average molecular weight is 731 g/mol. The fourth-order valence-electron chi connectivity index (χ4n) is 7.51. The number of hydrogen-bond donors (Lipinski definition) is 2. The maximum absolute atomic E-state index is 6.04. The molecule has 0 aromatic rings. The van der Waals surface area contributed by atoms with Gasteiger partial charge in [0.1, 0.15) is 0 Å². The monoisotopic (exact) mass is 731 g/mol. The van der Waals surface area contributed by atoms with Crippen LogP contribution in [0.2, 0.25) is 0 Å². The number of hydrogen-bond acceptors (Lipinski definition) is 2. The zero-order chi connectivity index (χ0) is 38.4. The van der Waals surface area contributed by atoms with Crippen LogP contribution < -0.4 is 11.1 Å². The Morgan fingerprint density at radius 1 is 0.404 bits per heavy atom. The summed E-state index contributed by atoms with van der Waals surface area (Å²) in [5, 5.41) is 3.51. The molecule has 0 aromatic carbocycles. The highest BCUT2D eigenvalue weighted by Gasteiger charge is 2.02. The second-order valence-electron chi connectivity index (χ2n) is 16.6. The molecule has 52 heavy (non-hydrogen) atoms. The van der Waals surface area contributed by atoms with Crippen LogP contribution >= 0.6 is 0 Å². The van der Waals surface area contributed by atoms with E-state index < -0.39 is 0 Å². The van der Waals surface area contributed by atoms with Gasteiger partial charge in [-0.3, -0.25) is 0 Å². The van der Waals surface area contributed by atoms with Crippen molar-refractivity contribution in [3.05, 3.63) is 24.4 Å². The number of allylic oxidation sites excluding steroid dienone is 1. The van der Waals surface area contributed by atoms with Crippen molar-refractivity contribution in [2.75, 3.05) is 6.54 Å². The van der Waals surface area contributed by atoms with Gasteiger partial charge < -0.3 is 11.1 Å². The van der Waals surface area contributed by atoms with Crippen LogP contribution in [0.5, 0.6) is 0 Å². The first-order valence-corrected chi connectivity index (χ1v) is 24.4. The van der Waals surface area contributed by atoms with Crippen molar-refractivity contribution in [3.8, 4) is 0 Å². The van der Waals surface area contributed by atoms with Crippen molar-refractivity contribution >= 4 is 0 Å². The van der Waals surface area contributed by atoms with Crippen LogP contribution in [0.4, 0.5) is 0 Å². The van der Waals surface area contributed by atoms with Crippen molar-refractivity contribution in [1.82, 2.24) is 5.32 Å². The highest BCUT2D eigenvalue weighted by molar-refractivity contribution is 4.99. The molecule has 1 unspecified atom stereocenters. The lowest BCUT2D eigenvalue weighted by Gasteiger charge is -2.12. The molecule has 0 aromatic heterocycles. The van der Waals surface area contributed by atoms with Gasteiger partial charge in [-0.15, -0.1) is 0 Å². The molecule has 0 fully saturated rings. The van der Waals surface area contributed by atoms with E-state index >= 15 is 0 Å². The highest BCUT2D eigenvalue weighted by atomic mass is 14.9. The van der Waals surface area contributed by atoms with E-state index in [9.17, 15) is 0 Å². The first-order chi connectivity index (χ1) is 25.6. The van der Waals surface area contributed by atoms with E-state index in [0.717, 1.165) is 31.4 Å². The van der Waals surface area contributed by atoms with Gasteiger partial charge in [0, 0.05) is 18.3 Å². The van der Waals surface area contributed by atoms with Crippen LogP contribution in [0.3, 0.4) is 0 Å². The summed E-state index contributed by atoms with van der Waals surface area (Å²) in [5.41, 5.74) is 8.35. The third kappa shape index (κ3) is 47.3. The average Bonchev–Trinajstić information content (AvgIpc) is 3.15. The molecule has 0 aliphatic heterocycles. The molecule has 1 atom stereocenters. The lowest BCUT2D eigenvalue weighted by Crippen LogP contribution is -2.21. The summed E-state index contributed by atoms with van der Waals surface area (Å²) in [6.07, 6.45) is 57.1. The summed E-state index contributed by atoms with van der Waals surface area (Å²) in [7, 11) is 0. The van der Waals surface area contributed by atoms with Gasteiger partial charge in [-0.05, 0) is 39.0 Å². The molecule has 0 radical (unpaired) electrons. The van der Waals surface area contributed by atoms with Crippen molar-refractivity contribution in [3.63, 3.8) is 0 Å². The van der Waals surface area contributed by atoms with Crippen LogP contribution in [0, 0.1) is 0 Å². The van der Waals surface area contributed by atoms with Crippen molar-refractivity contribution in [2.45, 2.75) is 291 Å². The topological polar surface area (TPSA) is 38.0 Å². The number of nitrogens with one attached hydrogen (secondary N) is 1. The fraction of sp³-hybridized carbons (Fsp3) is 0.920. The molecule has 3 N–H and O–H groups in total. The molecule has 0 spiro atoms. The lowest BCUT2D eigenvalue weighted by molar-refractivity contribution is 0.510. The van der Waals surface area contributed by atoms with E-state index in [-0.39, 0.29) is 6.04 Å². The van der Waals surface area contributed by atoms with E-state index in [1.807, 2.05) is 20.8 Å². The third-order valence-corrected chi connectivity index (χ3v) is 11.3. The standard InChI is InChI=1S/C48H96N2.C2H6/c1-5-6-7-8-9-10-11-12-13-14-15-16-17-18-19-20-21-22-23-24-25-26-27-28-29-30-31-32-33-34-35-36-37-38-39-40-43-47(4)50-45-42-41-44-48(49)46(2)3;1-2/h48,50H,2,4-45,49H2,1,3H3;1-2H3. The number of nitrogens with two attached hydrogens (primary N) is 1. The zero-order valence-electron chi connectivity index (χ0n) is 37.1. The Labute approximate surface area is 331 Å². The Morgan fingerprint density at radius 3 is 0.904 bits per heavy atom. The summed E-state index contributed by atoms with van der Waals surface area (Å²) in [4.78, 5) is 0. The Kier molecular flexibility index (Phi) is 49.5. The summed E-state index contributed by atoms with van der Waals surface area (Å²) in [5.74, 6) is 0. The molecule has 0 amide bonds. The van der Waals surface area contributed by atoms with Gasteiger partial charge in [0.25, 0.3) is 0 Å².